The molecular weight excluding hydrogens is 388 g/mol. The summed E-state index contributed by atoms with van der Waals surface area (Å²) in [7, 11) is 0. The number of nitrogens with zero attached hydrogens (tertiary/aromatic N) is 1. The first-order chi connectivity index (χ1) is 13.9. The molecule has 1 saturated heterocycles. The Labute approximate surface area is 175 Å². The Morgan fingerprint density at radius 2 is 1.86 bits per heavy atom. The van der Waals surface area contributed by atoms with E-state index in [2.05, 4.69) is 10.2 Å². The van der Waals surface area contributed by atoms with Gasteiger partial charge in [0.25, 0.3) is 0 Å². The van der Waals surface area contributed by atoms with E-state index in [1.807, 2.05) is 50.4 Å². The third-order valence-corrected chi connectivity index (χ3v) is 5.64. The minimum absolute atomic E-state index is 0.0940. The van der Waals surface area contributed by atoms with Crippen LogP contribution in [0.15, 0.2) is 29.6 Å². The molecule has 0 spiro atoms. The second-order valence-electron chi connectivity index (χ2n) is 7.44. The molecule has 2 heterocycles. The molecule has 0 bridgehead atoms. The normalized spacial score (nSPS) is 19.7. The summed E-state index contributed by atoms with van der Waals surface area (Å²) in [5, 5.41) is 5.35. The van der Waals surface area contributed by atoms with Gasteiger partial charge in [-0.3, -0.25) is 9.69 Å². The SMILES string of the molecule is CCOC(=O)c1c(-c2ccc(C)cc2)csc1NC(=O)CN1C[C@@H](C)O[C@@H](C)C1. The first kappa shape index (κ1) is 21.5. The average molecular weight is 417 g/mol. The van der Waals surface area contributed by atoms with Gasteiger partial charge in [-0.25, -0.2) is 4.79 Å². The molecule has 1 amide bonds. The van der Waals surface area contributed by atoms with Crippen molar-refractivity contribution >= 4 is 28.2 Å². The molecule has 1 aliphatic heterocycles. The van der Waals surface area contributed by atoms with Gasteiger partial charge in [0.15, 0.2) is 0 Å². The number of carbonyl (C=O) groups is 2. The van der Waals surface area contributed by atoms with Gasteiger partial charge in [-0.15, -0.1) is 11.3 Å². The molecule has 1 fully saturated rings. The molecule has 0 aliphatic carbocycles. The summed E-state index contributed by atoms with van der Waals surface area (Å²) < 4.78 is 11.0. The van der Waals surface area contributed by atoms with Gasteiger partial charge in [-0.05, 0) is 33.3 Å². The highest BCUT2D eigenvalue weighted by Crippen LogP contribution is 2.36. The largest absolute Gasteiger partial charge is 0.462 e. The number of esters is 1. The van der Waals surface area contributed by atoms with Gasteiger partial charge in [0.05, 0.1) is 25.4 Å². The number of morpholine rings is 1. The van der Waals surface area contributed by atoms with Crippen molar-refractivity contribution in [2.24, 2.45) is 0 Å². The van der Waals surface area contributed by atoms with E-state index in [4.69, 9.17) is 9.47 Å². The van der Waals surface area contributed by atoms with Crippen molar-refractivity contribution in [3.05, 3.63) is 40.8 Å². The molecular formula is C22H28N2O4S. The number of nitrogens with one attached hydrogen (secondary N) is 1. The lowest BCUT2D eigenvalue weighted by Crippen LogP contribution is -2.48. The molecule has 156 valence electrons. The second-order valence-corrected chi connectivity index (χ2v) is 8.32. The molecule has 0 saturated carbocycles. The summed E-state index contributed by atoms with van der Waals surface area (Å²) in [6, 6.07) is 7.95. The van der Waals surface area contributed by atoms with Crippen molar-refractivity contribution < 1.29 is 19.1 Å². The summed E-state index contributed by atoms with van der Waals surface area (Å²) in [5.74, 6) is -0.567. The number of rotatable bonds is 6. The fourth-order valence-corrected chi connectivity index (χ4v) is 4.56. The van der Waals surface area contributed by atoms with Crippen molar-refractivity contribution in [3.8, 4) is 11.1 Å². The van der Waals surface area contributed by atoms with Crippen LogP contribution in [0.4, 0.5) is 5.00 Å². The zero-order valence-corrected chi connectivity index (χ0v) is 18.2. The van der Waals surface area contributed by atoms with Crippen LogP contribution in [-0.4, -0.2) is 55.2 Å². The van der Waals surface area contributed by atoms with Crippen LogP contribution in [0.1, 0.15) is 36.7 Å². The number of amides is 1. The Balaban J connectivity index is 1.80. The minimum atomic E-state index is -0.423. The molecule has 0 radical (unpaired) electrons. The van der Waals surface area contributed by atoms with Crippen LogP contribution < -0.4 is 5.32 Å². The first-order valence-corrected chi connectivity index (χ1v) is 10.8. The highest BCUT2D eigenvalue weighted by atomic mass is 32.1. The lowest BCUT2D eigenvalue weighted by atomic mass is 10.0. The minimum Gasteiger partial charge on any atom is -0.462 e. The molecule has 3 rings (SSSR count). The highest BCUT2D eigenvalue weighted by molar-refractivity contribution is 7.15. The van der Waals surface area contributed by atoms with Crippen LogP contribution in [0, 0.1) is 6.92 Å². The Hall–Kier alpha value is -2.22. The summed E-state index contributed by atoms with van der Waals surface area (Å²) in [6.07, 6.45) is 0.188. The highest BCUT2D eigenvalue weighted by Gasteiger charge is 2.26. The van der Waals surface area contributed by atoms with Gasteiger partial charge in [-0.1, -0.05) is 29.8 Å². The van der Waals surface area contributed by atoms with E-state index in [1.165, 1.54) is 11.3 Å². The Morgan fingerprint density at radius 3 is 2.48 bits per heavy atom. The van der Waals surface area contributed by atoms with Crippen LogP contribution in [0.5, 0.6) is 0 Å². The summed E-state index contributed by atoms with van der Waals surface area (Å²) in [5.41, 5.74) is 3.26. The smallest absolute Gasteiger partial charge is 0.341 e. The van der Waals surface area contributed by atoms with Gasteiger partial charge in [-0.2, -0.15) is 0 Å². The van der Waals surface area contributed by atoms with E-state index >= 15 is 0 Å². The fraction of sp³-hybridized carbons (Fsp3) is 0.455. The van der Waals surface area contributed by atoms with Crippen molar-refractivity contribution in [2.75, 3.05) is 31.6 Å². The molecule has 1 N–H and O–H groups in total. The Kier molecular flexibility index (Phi) is 7.05. The van der Waals surface area contributed by atoms with Gasteiger partial charge in [0, 0.05) is 24.0 Å². The van der Waals surface area contributed by atoms with Crippen LogP contribution in [-0.2, 0) is 14.3 Å². The lowest BCUT2D eigenvalue weighted by Gasteiger charge is -2.34. The van der Waals surface area contributed by atoms with Crippen molar-refractivity contribution in [1.29, 1.82) is 0 Å². The molecule has 2 aromatic rings. The summed E-state index contributed by atoms with van der Waals surface area (Å²) >= 11 is 1.34. The first-order valence-electron chi connectivity index (χ1n) is 9.90. The summed E-state index contributed by atoms with van der Waals surface area (Å²) in [6.45, 7) is 9.76. The quantitative estimate of drug-likeness (QED) is 0.723. The van der Waals surface area contributed by atoms with Crippen LogP contribution in [0.25, 0.3) is 11.1 Å². The predicted molar refractivity (Wildman–Crippen MR) is 116 cm³/mol. The monoisotopic (exact) mass is 416 g/mol. The van der Waals surface area contributed by atoms with Gasteiger partial charge >= 0.3 is 5.97 Å². The van der Waals surface area contributed by atoms with E-state index in [-0.39, 0.29) is 31.3 Å². The van der Waals surface area contributed by atoms with Crippen LogP contribution in [0.3, 0.4) is 0 Å². The number of aryl methyl sites for hydroxylation is 1. The van der Waals surface area contributed by atoms with Crippen LogP contribution in [0.2, 0.25) is 0 Å². The number of anilines is 1. The number of benzene rings is 1. The average Bonchev–Trinajstić information content (AvgIpc) is 3.05. The van der Waals surface area contributed by atoms with Crippen molar-refractivity contribution in [2.45, 2.75) is 39.9 Å². The Morgan fingerprint density at radius 1 is 1.21 bits per heavy atom. The topological polar surface area (TPSA) is 67.9 Å². The van der Waals surface area contributed by atoms with E-state index in [0.29, 0.717) is 23.7 Å². The molecule has 1 aromatic carbocycles. The fourth-order valence-electron chi connectivity index (χ4n) is 3.58. The third-order valence-electron chi connectivity index (χ3n) is 4.75. The standard InChI is InChI=1S/C22H28N2O4S/c1-5-27-22(26)20-18(17-8-6-14(2)7-9-17)13-29-21(20)23-19(25)12-24-10-15(3)28-16(4)11-24/h6-9,13,15-16H,5,10-12H2,1-4H3,(H,23,25)/t15-,16+. The molecule has 1 aliphatic rings. The maximum atomic E-state index is 12.7. The maximum Gasteiger partial charge on any atom is 0.341 e. The van der Waals surface area contributed by atoms with E-state index in [1.54, 1.807) is 6.92 Å². The van der Waals surface area contributed by atoms with E-state index < -0.39 is 5.97 Å². The molecule has 6 nitrogen and oxygen atoms in total. The zero-order chi connectivity index (χ0) is 21.0. The van der Waals surface area contributed by atoms with E-state index in [0.717, 1.165) is 16.7 Å². The Bertz CT molecular complexity index is 852. The number of carbonyl (C=O) groups excluding carboxylic acids is 2. The number of hydrogen-bond donors (Lipinski definition) is 1. The van der Waals surface area contributed by atoms with Gasteiger partial charge < -0.3 is 14.8 Å². The van der Waals surface area contributed by atoms with Crippen LogP contribution >= 0.6 is 11.3 Å². The molecule has 0 unspecified atom stereocenters. The predicted octanol–water partition coefficient (Wildman–Crippen LogP) is 3.95. The maximum absolute atomic E-state index is 12.7. The summed E-state index contributed by atoms with van der Waals surface area (Å²) in [4.78, 5) is 27.4. The van der Waals surface area contributed by atoms with Gasteiger partial charge in [0.2, 0.25) is 5.91 Å². The van der Waals surface area contributed by atoms with Gasteiger partial charge in [0.1, 0.15) is 10.6 Å². The van der Waals surface area contributed by atoms with Crippen molar-refractivity contribution in [1.82, 2.24) is 4.90 Å². The second kappa shape index (κ2) is 9.52. The lowest BCUT2D eigenvalue weighted by molar-refractivity contribution is -0.121. The number of thiophene rings is 1. The molecule has 29 heavy (non-hydrogen) atoms. The van der Waals surface area contributed by atoms with E-state index in [9.17, 15) is 9.59 Å². The third kappa shape index (κ3) is 5.44. The molecule has 2 atom stereocenters. The molecule has 7 heteroatoms. The zero-order valence-electron chi connectivity index (χ0n) is 17.4. The number of ether oxygens (including phenoxy) is 2. The van der Waals surface area contributed by atoms with Crippen molar-refractivity contribution in [3.63, 3.8) is 0 Å². The molecule has 1 aromatic heterocycles. The number of hydrogen-bond acceptors (Lipinski definition) is 6.